The Balaban J connectivity index is 2.07. The molecule has 8 nitrogen and oxygen atoms in total. The summed E-state index contributed by atoms with van der Waals surface area (Å²) in [5, 5.41) is 12.9. The molecule has 2 aromatic carbocycles. The number of fused-ring (bicyclic) bond motifs is 1. The van der Waals surface area contributed by atoms with Gasteiger partial charge < -0.3 is 11.5 Å². The Labute approximate surface area is 203 Å². The van der Waals surface area contributed by atoms with E-state index in [1.807, 2.05) is 6.07 Å². The van der Waals surface area contributed by atoms with E-state index in [4.69, 9.17) is 16.7 Å². The SMILES string of the molecule is Cc1ccc2c(C(N)=O)c(-c3c(C(F)(F)F)nn(Cc4ccc(C#N)cc4)c3C)c(C(N)=O)nc2c1. The van der Waals surface area contributed by atoms with Gasteiger partial charge >= 0.3 is 6.18 Å². The van der Waals surface area contributed by atoms with Crippen LogP contribution in [0.5, 0.6) is 0 Å². The molecule has 0 aliphatic carbocycles. The monoisotopic (exact) mass is 492 g/mol. The minimum absolute atomic E-state index is 0.0185. The number of nitrogens with two attached hydrogens (primary N) is 2. The van der Waals surface area contributed by atoms with Crippen molar-refractivity contribution >= 4 is 22.7 Å². The van der Waals surface area contributed by atoms with Crippen LogP contribution >= 0.6 is 0 Å². The number of hydrogen-bond acceptors (Lipinski definition) is 5. The van der Waals surface area contributed by atoms with E-state index >= 15 is 0 Å². The number of amides is 2. The quantitative estimate of drug-likeness (QED) is 0.435. The summed E-state index contributed by atoms with van der Waals surface area (Å²) in [6, 6.07) is 13.0. The van der Waals surface area contributed by atoms with E-state index in [0.29, 0.717) is 11.1 Å². The Hall–Kier alpha value is -4.72. The number of primary amides is 2. The maximum Gasteiger partial charge on any atom is 0.435 e. The van der Waals surface area contributed by atoms with Crippen LogP contribution in [0.25, 0.3) is 22.0 Å². The van der Waals surface area contributed by atoms with Crippen LogP contribution < -0.4 is 11.5 Å². The van der Waals surface area contributed by atoms with Crippen LogP contribution in [0.4, 0.5) is 13.2 Å². The highest BCUT2D eigenvalue weighted by atomic mass is 19.4. The lowest BCUT2D eigenvalue weighted by Crippen LogP contribution is -2.21. The van der Waals surface area contributed by atoms with Crippen LogP contribution in [0.2, 0.25) is 0 Å². The topological polar surface area (TPSA) is 141 Å². The van der Waals surface area contributed by atoms with E-state index in [1.54, 1.807) is 31.2 Å². The van der Waals surface area contributed by atoms with Gasteiger partial charge in [0.1, 0.15) is 5.69 Å². The zero-order valence-corrected chi connectivity index (χ0v) is 19.1. The molecule has 0 bridgehead atoms. The van der Waals surface area contributed by atoms with Gasteiger partial charge in [-0.1, -0.05) is 24.3 Å². The summed E-state index contributed by atoms with van der Waals surface area (Å²) in [6.45, 7) is 3.07. The Kier molecular flexibility index (Phi) is 5.97. The fraction of sp³-hybridized carbons (Fsp3) is 0.160. The predicted molar refractivity (Wildman–Crippen MR) is 125 cm³/mol. The lowest BCUT2D eigenvalue weighted by atomic mass is 9.91. The normalized spacial score (nSPS) is 11.4. The highest BCUT2D eigenvalue weighted by molar-refractivity contribution is 6.15. The second kappa shape index (κ2) is 8.81. The van der Waals surface area contributed by atoms with Gasteiger partial charge in [0.15, 0.2) is 5.69 Å². The number of carbonyl (C=O) groups is 2. The number of benzene rings is 2. The largest absolute Gasteiger partial charge is 0.435 e. The number of nitrogens with zero attached hydrogens (tertiary/aromatic N) is 4. The molecule has 0 saturated carbocycles. The van der Waals surface area contributed by atoms with Gasteiger partial charge in [-0.3, -0.25) is 14.3 Å². The molecule has 182 valence electrons. The third-order valence-electron chi connectivity index (χ3n) is 5.76. The summed E-state index contributed by atoms with van der Waals surface area (Å²) in [5.74, 6) is -2.17. The number of alkyl halides is 3. The molecular weight excluding hydrogens is 473 g/mol. The molecule has 4 rings (SSSR count). The molecule has 0 aliphatic heterocycles. The van der Waals surface area contributed by atoms with Gasteiger partial charge in [-0.15, -0.1) is 0 Å². The number of aryl methyl sites for hydroxylation is 1. The molecule has 0 saturated heterocycles. The van der Waals surface area contributed by atoms with Gasteiger partial charge in [0.05, 0.1) is 29.3 Å². The molecular formula is C25H19F3N6O2. The number of nitriles is 1. The first-order valence-corrected chi connectivity index (χ1v) is 10.6. The van der Waals surface area contributed by atoms with Crippen molar-refractivity contribution in [3.63, 3.8) is 0 Å². The summed E-state index contributed by atoms with van der Waals surface area (Å²) in [6.07, 6.45) is -4.94. The van der Waals surface area contributed by atoms with Gasteiger partial charge in [-0.25, -0.2) is 4.98 Å². The first kappa shape index (κ1) is 24.4. The predicted octanol–water partition coefficient (Wildman–Crippen LogP) is 3.85. The Bertz CT molecular complexity index is 1580. The number of pyridine rings is 1. The number of aromatic nitrogens is 3. The van der Waals surface area contributed by atoms with Crippen LogP contribution in [0.15, 0.2) is 42.5 Å². The number of hydrogen-bond donors (Lipinski definition) is 2. The third kappa shape index (κ3) is 4.24. The molecule has 0 unspecified atom stereocenters. The standard InChI is InChI=1S/C25H19F3N6O2/c1-12-3-8-16-17(9-12)32-21(24(31)36)20(19(16)23(30)35)18-13(2)34(33-22(18)25(26,27)28)11-15-6-4-14(10-29)5-7-15/h3-9H,11H2,1-2H3,(H2,30,35)(H2,31,36). The second-order valence-corrected chi connectivity index (χ2v) is 8.23. The molecule has 0 fully saturated rings. The average Bonchev–Trinajstić information content (AvgIpc) is 3.14. The minimum atomic E-state index is -4.94. The van der Waals surface area contributed by atoms with Gasteiger partial charge in [0, 0.05) is 22.2 Å². The number of rotatable bonds is 5. The molecule has 4 aromatic rings. The number of carbonyl (C=O) groups excluding carboxylic acids is 2. The van der Waals surface area contributed by atoms with Crippen molar-refractivity contribution in [2.75, 3.05) is 0 Å². The summed E-state index contributed by atoms with van der Waals surface area (Å²) >= 11 is 0. The molecule has 4 N–H and O–H groups in total. The van der Waals surface area contributed by atoms with Crippen molar-refractivity contribution in [1.82, 2.24) is 14.8 Å². The summed E-state index contributed by atoms with van der Waals surface area (Å²) in [5.41, 5.74) is 10.0. The second-order valence-electron chi connectivity index (χ2n) is 8.23. The molecule has 0 atom stereocenters. The molecule has 2 amide bonds. The van der Waals surface area contributed by atoms with E-state index in [2.05, 4.69) is 10.1 Å². The van der Waals surface area contributed by atoms with Gasteiger partial charge in [0.25, 0.3) is 5.91 Å². The van der Waals surface area contributed by atoms with Crippen molar-refractivity contribution in [2.45, 2.75) is 26.6 Å². The molecule has 0 aliphatic rings. The maximum atomic E-state index is 14.2. The van der Waals surface area contributed by atoms with Crippen molar-refractivity contribution in [3.05, 3.63) is 81.8 Å². The van der Waals surface area contributed by atoms with E-state index in [1.165, 1.54) is 25.1 Å². The summed E-state index contributed by atoms with van der Waals surface area (Å²) < 4.78 is 43.8. The van der Waals surface area contributed by atoms with Crippen molar-refractivity contribution in [3.8, 4) is 17.2 Å². The smallest absolute Gasteiger partial charge is 0.366 e. The van der Waals surface area contributed by atoms with Crippen molar-refractivity contribution in [1.29, 1.82) is 5.26 Å². The average molecular weight is 492 g/mol. The maximum absolute atomic E-state index is 14.2. The fourth-order valence-electron chi connectivity index (χ4n) is 4.11. The van der Waals surface area contributed by atoms with Crippen molar-refractivity contribution in [2.24, 2.45) is 11.5 Å². The lowest BCUT2D eigenvalue weighted by molar-refractivity contribution is -0.141. The van der Waals surface area contributed by atoms with Crippen LogP contribution in [0.1, 0.15) is 48.9 Å². The minimum Gasteiger partial charge on any atom is -0.366 e. The van der Waals surface area contributed by atoms with Crippen LogP contribution in [-0.4, -0.2) is 26.6 Å². The molecule has 0 radical (unpaired) electrons. The van der Waals surface area contributed by atoms with Crippen LogP contribution in [-0.2, 0) is 12.7 Å². The first-order chi connectivity index (χ1) is 16.9. The molecule has 2 aromatic heterocycles. The Morgan fingerprint density at radius 3 is 2.25 bits per heavy atom. The zero-order valence-electron chi connectivity index (χ0n) is 19.1. The first-order valence-electron chi connectivity index (χ1n) is 10.6. The zero-order chi connectivity index (χ0) is 26.4. The van der Waals surface area contributed by atoms with Crippen LogP contribution in [0, 0.1) is 25.2 Å². The van der Waals surface area contributed by atoms with Crippen LogP contribution in [0.3, 0.4) is 0 Å². The van der Waals surface area contributed by atoms with E-state index in [9.17, 15) is 22.8 Å². The number of halogens is 3. The van der Waals surface area contributed by atoms with Gasteiger partial charge in [0.2, 0.25) is 5.91 Å². The highest BCUT2D eigenvalue weighted by Gasteiger charge is 2.41. The summed E-state index contributed by atoms with van der Waals surface area (Å²) in [7, 11) is 0. The molecule has 36 heavy (non-hydrogen) atoms. The lowest BCUT2D eigenvalue weighted by Gasteiger charge is -2.16. The van der Waals surface area contributed by atoms with Gasteiger partial charge in [-0.05, 0) is 43.2 Å². The van der Waals surface area contributed by atoms with Crippen molar-refractivity contribution < 1.29 is 22.8 Å². The van der Waals surface area contributed by atoms with E-state index in [0.717, 1.165) is 10.2 Å². The van der Waals surface area contributed by atoms with E-state index < -0.39 is 40.5 Å². The Morgan fingerprint density at radius 1 is 1.03 bits per heavy atom. The Morgan fingerprint density at radius 2 is 1.69 bits per heavy atom. The molecule has 0 spiro atoms. The molecule has 11 heteroatoms. The van der Waals surface area contributed by atoms with E-state index in [-0.39, 0.29) is 28.7 Å². The third-order valence-corrected chi connectivity index (χ3v) is 5.76. The van der Waals surface area contributed by atoms with Gasteiger partial charge in [-0.2, -0.15) is 23.5 Å². The summed E-state index contributed by atoms with van der Waals surface area (Å²) in [4.78, 5) is 29.2. The molecule has 2 heterocycles. The fourth-order valence-corrected chi connectivity index (χ4v) is 4.11. The highest BCUT2D eigenvalue weighted by Crippen LogP contribution is 2.42.